The Hall–Kier alpha value is -3.14. The predicted octanol–water partition coefficient (Wildman–Crippen LogP) is 4.27. The first kappa shape index (κ1) is 24.0. The zero-order valence-electron chi connectivity index (χ0n) is 18.4. The Balaban J connectivity index is 1.46. The molecule has 0 aromatic heterocycles. The number of carbonyl (C=O) groups is 2. The van der Waals surface area contributed by atoms with Gasteiger partial charge in [-0.2, -0.15) is 13.2 Å². The number of amides is 3. The lowest BCUT2D eigenvalue weighted by Gasteiger charge is -2.43. The lowest BCUT2D eigenvalue weighted by atomic mass is 9.72. The van der Waals surface area contributed by atoms with E-state index < -0.39 is 23.0 Å². The zero-order valence-corrected chi connectivity index (χ0v) is 18.4. The molecule has 0 bridgehead atoms. The predicted molar refractivity (Wildman–Crippen MR) is 117 cm³/mol. The monoisotopic (exact) mass is 479 g/mol. The van der Waals surface area contributed by atoms with Crippen molar-refractivity contribution in [1.82, 2.24) is 9.80 Å². The molecule has 3 amide bonds. The summed E-state index contributed by atoms with van der Waals surface area (Å²) < 4.78 is 58.5. The van der Waals surface area contributed by atoms with E-state index in [2.05, 4.69) is 5.32 Å². The second-order valence-electron chi connectivity index (χ2n) is 8.49. The van der Waals surface area contributed by atoms with Crippen molar-refractivity contribution < 1.29 is 31.9 Å². The molecule has 0 radical (unpaired) electrons. The van der Waals surface area contributed by atoms with Crippen LogP contribution in [0.15, 0.2) is 48.5 Å². The normalized spacial score (nSPS) is 18.5. The summed E-state index contributed by atoms with van der Waals surface area (Å²) in [5, 5.41) is 2.69. The van der Waals surface area contributed by atoms with E-state index in [1.165, 1.54) is 30.3 Å². The molecule has 182 valence electrons. The van der Waals surface area contributed by atoms with Gasteiger partial charge in [-0.3, -0.25) is 4.79 Å². The van der Waals surface area contributed by atoms with Gasteiger partial charge in [0, 0.05) is 45.1 Å². The van der Waals surface area contributed by atoms with Crippen LogP contribution in [0.5, 0.6) is 0 Å². The van der Waals surface area contributed by atoms with E-state index in [1.54, 1.807) is 15.9 Å². The zero-order chi connectivity index (χ0) is 24.3. The van der Waals surface area contributed by atoms with Crippen molar-refractivity contribution in [2.45, 2.75) is 24.4 Å². The number of urea groups is 1. The van der Waals surface area contributed by atoms with E-state index in [0.717, 1.165) is 12.1 Å². The van der Waals surface area contributed by atoms with Crippen LogP contribution in [0.25, 0.3) is 0 Å². The second kappa shape index (κ2) is 9.61. The van der Waals surface area contributed by atoms with Gasteiger partial charge in [0.25, 0.3) is 0 Å². The lowest BCUT2D eigenvalue weighted by Crippen LogP contribution is -2.57. The first-order chi connectivity index (χ1) is 16.2. The first-order valence-corrected chi connectivity index (χ1v) is 11.1. The number of halogens is 4. The Bertz CT molecular complexity index is 1030. The summed E-state index contributed by atoms with van der Waals surface area (Å²) in [4.78, 5) is 29.4. The molecule has 2 aliphatic rings. The second-order valence-corrected chi connectivity index (χ2v) is 8.49. The van der Waals surface area contributed by atoms with Gasteiger partial charge in [-0.25, -0.2) is 9.18 Å². The number of hydrogen-bond acceptors (Lipinski definition) is 3. The molecule has 2 heterocycles. The molecule has 2 aromatic carbocycles. The van der Waals surface area contributed by atoms with E-state index in [1.807, 2.05) is 0 Å². The molecule has 10 heteroatoms. The van der Waals surface area contributed by atoms with Crippen molar-refractivity contribution in [1.29, 1.82) is 0 Å². The molecule has 0 atom stereocenters. The fourth-order valence-electron chi connectivity index (χ4n) is 4.49. The summed E-state index contributed by atoms with van der Waals surface area (Å²) >= 11 is 0. The molecule has 0 spiro atoms. The molecule has 2 saturated heterocycles. The molecule has 4 rings (SSSR count). The average Bonchev–Trinajstić information content (AvgIpc) is 2.85. The summed E-state index contributed by atoms with van der Waals surface area (Å²) in [6.45, 7) is 1.63. The molecular formula is C24H25F4N3O3. The Morgan fingerprint density at radius 1 is 0.912 bits per heavy atom. The minimum absolute atomic E-state index is 0.242. The third-order valence-electron chi connectivity index (χ3n) is 6.45. The molecule has 0 saturated carbocycles. The summed E-state index contributed by atoms with van der Waals surface area (Å²) in [5.41, 5.74) is -1.09. The molecule has 0 aliphatic carbocycles. The van der Waals surface area contributed by atoms with Crippen molar-refractivity contribution >= 4 is 17.6 Å². The fourth-order valence-corrected chi connectivity index (χ4v) is 4.49. The Morgan fingerprint density at radius 3 is 2.15 bits per heavy atom. The van der Waals surface area contributed by atoms with Gasteiger partial charge in [0.05, 0.1) is 11.0 Å². The van der Waals surface area contributed by atoms with E-state index in [9.17, 15) is 27.2 Å². The molecule has 2 aromatic rings. The molecule has 2 aliphatic heterocycles. The van der Waals surface area contributed by atoms with Crippen LogP contribution in [-0.4, -0.2) is 61.1 Å². The summed E-state index contributed by atoms with van der Waals surface area (Å²) in [6.07, 6.45) is -3.92. The van der Waals surface area contributed by atoms with Crippen molar-refractivity contribution in [2.75, 3.05) is 44.7 Å². The van der Waals surface area contributed by atoms with Gasteiger partial charge in [-0.15, -0.1) is 0 Å². The maximum atomic E-state index is 13.7. The number of alkyl halides is 3. The highest BCUT2D eigenvalue weighted by Crippen LogP contribution is 2.39. The SMILES string of the molecule is O=C(Nc1ccc(F)cc1)N1CCN(C(=O)C2(c3cccc(C(F)(F)F)c3)CCOCC2)CC1. The smallest absolute Gasteiger partial charge is 0.381 e. The van der Waals surface area contributed by atoms with Gasteiger partial charge < -0.3 is 19.9 Å². The standard InChI is InChI=1S/C24H25F4N3O3/c25-19-4-6-20(7-5-19)29-22(33)31-12-10-30(11-13-31)21(32)23(8-14-34-15-9-23)17-2-1-3-18(16-17)24(26,27)28/h1-7,16H,8-15H2,(H,29,33). The van der Waals surface area contributed by atoms with Gasteiger partial charge >= 0.3 is 12.2 Å². The number of hydrogen-bond donors (Lipinski definition) is 1. The number of benzene rings is 2. The maximum Gasteiger partial charge on any atom is 0.416 e. The van der Waals surface area contributed by atoms with Crippen LogP contribution in [0.4, 0.5) is 28.0 Å². The topological polar surface area (TPSA) is 61.9 Å². The lowest BCUT2D eigenvalue weighted by molar-refractivity contribution is -0.143. The molecule has 34 heavy (non-hydrogen) atoms. The Morgan fingerprint density at radius 2 is 1.53 bits per heavy atom. The molecule has 1 N–H and O–H groups in total. The van der Waals surface area contributed by atoms with Crippen LogP contribution in [0, 0.1) is 5.82 Å². The van der Waals surface area contributed by atoms with E-state index >= 15 is 0 Å². The van der Waals surface area contributed by atoms with E-state index in [0.29, 0.717) is 24.1 Å². The third-order valence-corrected chi connectivity index (χ3v) is 6.45. The number of nitrogens with one attached hydrogen (secondary N) is 1. The largest absolute Gasteiger partial charge is 0.416 e. The van der Waals surface area contributed by atoms with Gasteiger partial charge in [-0.1, -0.05) is 18.2 Å². The number of ether oxygens (including phenoxy) is 1. The maximum absolute atomic E-state index is 13.7. The number of piperazine rings is 1. The van der Waals surface area contributed by atoms with Crippen LogP contribution >= 0.6 is 0 Å². The summed E-state index contributed by atoms with van der Waals surface area (Å²) in [6, 6.07) is 10.0. The van der Waals surface area contributed by atoms with E-state index in [-0.39, 0.29) is 51.3 Å². The number of anilines is 1. The highest BCUT2D eigenvalue weighted by molar-refractivity contribution is 5.91. The molecule has 6 nitrogen and oxygen atoms in total. The van der Waals surface area contributed by atoms with Crippen LogP contribution in [0.3, 0.4) is 0 Å². The van der Waals surface area contributed by atoms with Gasteiger partial charge in [-0.05, 0) is 48.7 Å². The van der Waals surface area contributed by atoms with E-state index in [4.69, 9.17) is 4.74 Å². The molecule has 2 fully saturated rings. The Labute approximate surface area is 194 Å². The van der Waals surface area contributed by atoms with Crippen LogP contribution < -0.4 is 5.32 Å². The van der Waals surface area contributed by atoms with Gasteiger partial charge in [0.15, 0.2) is 0 Å². The minimum Gasteiger partial charge on any atom is -0.381 e. The van der Waals surface area contributed by atoms with Gasteiger partial charge in [0.1, 0.15) is 5.82 Å². The van der Waals surface area contributed by atoms with Crippen molar-refractivity contribution in [3.63, 3.8) is 0 Å². The number of carbonyl (C=O) groups excluding carboxylic acids is 2. The van der Waals surface area contributed by atoms with Crippen molar-refractivity contribution in [3.05, 3.63) is 65.5 Å². The van der Waals surface area contributed by atoms with Gasteiger partial charge in [0.2, 0.25) is 5.91 Å². The van der Waals surface area contributed by atoms with Crippen LogP contribution in [0.2, 0.25) is 0 Å². The van der Waals surface area contributed by atoms with Crippen molar-refractivity contribution in [3.8, 4) is 0 Å². The third kappa shape index (κ3) is 5.01. The van der Waals surface area contributed by atoms with Crippen LogP contribution in [-0.2, 0) is 21.1 Å². The van der Waals surface area contributed by atoms with Crippen LogP contribution in [0.1, 0.15) is 24.0 Å². The highest BCUT2D eigenvalue weighted by atomic mass is 19.4. The average molecular weight is 479 g/mol. The fraction of sp³-hybridized carbons (Fsp3) is 0.417. The minimum atomic E-state index is -4.51. The summed E-state index contributed by atoms with van der Waals surface area (Å²) in [7, 11) is 0. The highest BCUT2D eigenvalue weighted by Gasteiger charge is 2.45. The Kier molecular flexibility index (Phi) is 6.79. The molecular weight excluding hydrogens is 454 g/mol. The summed E-state index contributed by atoms with van der Waals surface area (Å²) in [5.74, 6) is -0.651. The molecule has 0 unspecified atom stereocenters. The first-order valence-electron chi connectivity index (χ1n) is 11.1. The van der Waals surface area contributed by atoms with Crippen molar-refractivity contribution in [2.24, 2.45) is 0 Å². The number of rotatable bonds is 3. The number of nitrogens with zero attached hydrogens (tertiary/aromatic N) is 2. The quantitative estimate of drug-likeness (QED) is 0.669.